The van der Waals surface area contributed by atoms with Crippen molar-refractivity contribution in [3.8, 4) is 5.82 Å². The highest BCUT2D eigenvalue weighted by atomic mass is 15.3. The lowest BCUT2D eigenvalue weighted by molar-refractivity contribution is 0.326. The molecule has 1 saturated heterocycles. The third-order valence-electron chi connectivity index (χ3n) is 4.06. The molecule has 1 N–H and O–H groups in total. The topological polar surface area (TPSA) is 58.9 Å². The van der Waals surface area contributed by atoms with Crippen LogP contribution in [0.2, 0.25) is 0 Å². The largest absolute Gasteiger partial charge is 0.380 e. The van der Waals surface area contributed by atoms with Gasteiger partial charge in [-0.2, -0.15) is 5.10 Å². The smallest absolute Gasteiger partial charge is 0.155 e. The summed E-state index contributed by atoms with van der Waals surface area (Å²) in [6, 6.07) is 5.44. The highest BCUT2D eigenvalue weighted by Gasteiger charge is 2.34. The summed E-state index contributed by atoms with van der Waals surface area (Å²) < 4.78 is 1.66. The van der Waals surface area contributed by atoms with Gasteiger partial charge >= 0.3 is 0 Å². The van der Waals surface area contributed by atoms with Crippen LogP contribution in [0.5, 0.6) is 0 Å². The van der Waals surface area contributed by atoms with Crippen LogP contribution in [-0.4, -0.2) is 49.8 Å². The fraction of sp³-hybridized carbons (Fsp3) is 0.500. The van der Waals surface area contributed by atoms with Crippen molar-refractivity contribution in [2.24, 2.45) is 0 Å². The molecule has 1 saturated carbocycles. The number of hydrogen-bond donors (Lipinski definition) is 1. The molecule has 2 aromatic heterocycles. The Morgan fingerprint density at radius 2 is 2.15 bits per heavy atom. The number of rotatable bonds is 4. The minimum absolute atomic E-state index is 0.551. The maximum Gasteiger partial charge on any atom is 0.155 e. The molecule has 0 spiro atoms. The van der Waals surface area contributed by atoms with Gasteiger partial charge in [0, 0.05) is 25.2 Å². The standard InChI is InChI=1S/C14H18N6/c1-4-14(20-10-15-9-17-20)16-7-11(1)18-12-5-6-19(8-12)13-2-3-13/h1,4,7,9-10,12-13,18H,2-3,5-6,8H2. The van der Waals surface area contributed by atoms with Crippen LogP contribution in [0.1, 0.15) is 19.3 Å². The van der Waals surface area contributed by atoms with Crippen molar-refractivity contribution in [3.05, 3.63) is 31.0 Å². The number of likely N-dealkylation sites (tertiary alicyclic amines) is 1. The van der Waals surface area contributed by atoms with E-state index in [9.17, 15) is 0 Å². The van der Waals surface area contributed by atoms with E-state index >= 15 is 0 Å². The molecule has 1 atom stereocenters. The first-order valence-corrected chi connectivity index (χ1v) is 7.20. The van der Waals surface area contributed by atoms with Crippen LogP contribution in [-0.2, 0) is 0 Å². The molecule has 1 aliphatic heterocycles. The number of nitrogens with zero attached hydrogens (tertiary/aromatic N) is 5. The lowest BCUT2D eigenvalue weighted by atomic mass is 10.2. The first kappa shape index (κ1) is 11.8. The SMILES string of the molecule is c1ncn(-c2ccc(NC3CCN(C4CC4)C3)cn2)n1. The zero-order valence-corrected chi connectivity index (χ0v) is 11.3. The Bertz CT molecular complexity index is 560. The first-order chi connectivity index (χ1) is 9.88. The second-order valence-corrected chi connectivity index (χ2v) is 5.60. The van der Waals surface area contributed by atoms with Crippen molar-refractivity contribution in [1.29, 1.82) is 0 Å². The molecule has 0 aromatic carbocycles. The van der Waals surface area contributed by atoms with E-state index < -0.39 is 0 Å². The van der Waals surface area contributed by atoms with Crippen molar-refractivity contribution in [1.82, 2.24) is 24.6 Å². The Morgan fingerprint density at radius 1 is 1.20 bits per heavy atom. The van der Waals surface area contributed by atoms with Crippen molar-refractivity contribution >= 4 is 5.69 Å². The third kappa shape index (κ3) is 2.38. The second kappa shape index (κ2) is 4.86. The van der Waals surface area contributed by atoms with Crippen LogP contribution in [0.4, 0.5) is 5.69 Å². The van der Waals surface area contributed by atoms with E-state index in [0.717, 1.165) is 24.1 Å². The van der Waals surface area contributed by atoms with Gasteiger partial charge in [-0.05, 0) is 31.4 Å². The molecular formula is C14H18N6. The number of hydrogen-bond acceptors (Lipinski definition) is 5. The Labute approximate surface area is 117 Å². The lowest BCUT2D eigenvalue weighted by Gasteiger charge is -2.16. The van der Waals surface area contributed by atoms with Crippen LogP contribution in [0, 0.1) is 0 Å². The molecule has 6 nitrogen and oxygen atoms in total. The predicted octanol–water partition coefficient (Wildman–Crippen LogP) is 1.31. The fourth-order valence-electron chi connectivity index (χ4n) is 2.85. The van der Waals surface area contributed by atoms with Gasteiger partial charge in [-0.1, -0.05) is 0 Å². The molecule has 2 aliphatic rings. The summed E-state index contributed by atoms with van der Waals surface area (Å²) >= 11 is 0. The summed E-state index contributed by atoms with van der Waals surface area (Å²) in [5.74, 6) is 0.791. The van der Waals surface area contributed by atoms with Gasteiger partial charge in [-0.25, -0.2) is 14.6 Å². The maximum atomic E-state index is 4.41. The quantitative estimate of drug-likeness (QED) is 0.907. The minimum atomic E-state index is 0.551. The van der Waals surface area contributed by atoms with Gasteiger partial charge in [-0.3, -0.25) is 4.90 Å². The van der Waals surface area contributed by atoms with Gasteiger partial charge in [0.25, 0.3) is 0 Å². The van der Waals surface area contributed by atoms with E-state index in [1.807, 2.05) is 12.3 Å². The van der Waals surface area contributed by atoms with Gasteiger partial charge < -0.3 is 5.32 Å². The van der Waals surface area contributed by atoms with E-state index in [1.54, 1.807) is 11.0 Å². The van der Waals surface area contributed by atoms with Gasteiger partial charge in [0.2, 0.25) is 0 Å². The van der Waals surface area contributed by atoms with E-state index in [-0.39, 0.29) is 0 Å². The molecule has 6 heteroatoms. The monoisotopic (exact) mass is 270 g/mol. The summed E-state index contributed by atoms with van der Waals surface area (Å²) in [6.45, 7) is 2.39. The molecule has 4 rings (SSSR count). The number of anilines is 1. The fourth-order valence-corrected chi connectivity index (χ4v) is 2.85. The van der Waals surface area contributed by atoms with Crippen molar-refractivity contribution in [2.45, 2.75) is 31.3 Å². The maximum absolute atomic E-state index is 4.41. The molecule has 2 aromatic rings. The first-order valence-electron chi connectivity index (χ1n) is 7.20. The molecular weight excluding hydrogens is 252 g/mol. The highest BCUT2D eigenvalue weighted by Crippen LogP contribution is 2.30. The molecule has 20 heavy (non-hydrogen) atoms. The number of pyridine rings is 1. The molecule has 1 aliphatic carbocycles. The molecule has 3 heterocycles. The normalized spacial score (nSPS) is 23.1. The number of nitrogens with one attached hydrogen (secondary N) is 1. The predicted molar refractivity (Wildman–Crippen MR) is 75.8 cm³/mol. The van der Waals surface area contributed by atoms with Crippen molar-refractivity contribution in [3.63, 3.8) is 0 Å². The van der Waals surface area contributed by atoms with Crippen LogP contribution in [0.15, 0.2) is 31.0 Å². The molecule has 1 unspecified atom stereocenters. The summed E-state index contributed by atoms with van der Waals surface area (Å²) in [4.78, 5) is 10.9. The average molecular weight is 270 g/mol. The van der Waals surface area contributed by atoms with Crippen molar-refractivity contribution in [2.75, 3.05) is 18.4 Å². The summed E-state index contributed by atoms with van der Waals surface area (Å²) in [7, 11) is 0. The molecule has 104 valence electrons. The molecule has 0 bridgehead atoms. The minimum Gasteiger partial charge on any atom is -0.380 e. The van der Waals surface area contributed by atoms with Gasteiger partial charge in [0.15, 0.2) is 5.82 Å². The summed E-state index contributed by atoms with van der Waals surface area (Å²) in [5.41, 5.74) is 1.08. The molecule has 0 amide bonds. The summed E-state index contributed by atoms with van der Waals surface area (Å²) in [6.07, 6.45) is 9.04. The van der Waals surface area contributed by atoms with Gasteiger partial charge in [-0.15, -0.1) is 0 Å². The van der Waals surface area contributed by atoms with Gasteiger partial charge in [0.05, 0.1) is 11.9 Å². The van der Waals surface area contributed by atoms with E-state index in [1.165, 1.54) is 32.1 Å². The zero-order chi connectivity index (χ0) is 13.4. The number of aromatic nitrogens is 4. The van der Waals surface area contributed by atoms with Crippen molar-refractivity contribution < 1.29 is 0 Å². The van der Waals surface area contributed by atoms with Crippen LogP contribution < -0.4 is 5.32 Å². The molecule has 2 fully saturated rings. The van der Waals surface area contributed by atoms with Gasteiger partial charge in [0.1, 0.15) is 12.7 Å². The average Bonchev–Trinajstić information content (AvgIpc) is 3.00. The Kier molecular flexibility index (Phi) is 2.88. The highest BCUT2D eigenvalue weighted by molar-refractivity contribution is 5.44. The Morgan fingerprint density at radius 3 is 2.85 bits per heavy atom. The Balaban J connectivity index is 1.39. The lowest BCUT2D eigenvalue weighted by Crippen LogP contribution is -2.27. The molecule has 0 radical (unpaired) electrons. The van der Waals surface area contributed by atoms with Crippen LogP contribution in [0.3, 0.4) is 0 Å². The van der Waals surface area contributed by atoms with Crippen LogP contribution >= 0.6 is 0 Å². The summed E-state index contributed by atoms with van der Waals surface area (Å²) in [5, 5.41) is 7.65. The van der Waals surface area contributed by atoms with Crippen LogP contribution in [0.25, 0.3) is 5.82 Å². The van der Waals surface area contributed by atoms with E-state index in [2.05, 4.69) is 31.3 Å². The van der Waals surface area contributed by atoms with E-state index in [0.29, 0.717) is 6.04 Å². The third-order valence-corrected chi connectivity index (χ3v) is 4.06. The zero-order valence-electron chi connectivity index (χ0n) is 11.3. The van der Waals surface area contributed by atoms with E-state index in [4.69, 9.17) is 0 Å². The Hall–Kier alpha value is -1.95. The second-order valence-electron chi connectivity index (χ2n) is 5.60.